The maximum Gasteiger partial charge on any atom is 0.265 e. The Morgan fingerprint density at radius 1 is 1.24 bits per heavy atom. The van der Waals surface area contributed by atoms with Crippen LogP contribution in [0.15, 0.2) is 53.9 Å². The summed E-state index contributed by atoms with van der Waals surface area (Å²) in [5, 5.41) is 5.77. The molecule has 0 spiro atoms. The number of ether oxygens (including phenoxy) is 1. The molecule has 2 aromatic carbocycles. The molecule has 4 nitrogen and oxygen atoms in total. The minimum absolute atomic E-state index is 0.311. The van der Waals surface area contributed by atoms with Gasteiger partial charge in [0.15, 0.2) is 6.10 Å². The summed E-state index contributed by atoms with van der Waals surface area (Å²) in [5.41, 5.74) is 2.32. The smallest absolute Gasteiger partial charge is 0.265 e. The molecule has 6 heteroatoms. The van der Waals surface area contributed by atoms with Crippen molar-refractivity contribution in [2.45, 2.75) is 20.0 Å². The molecule has 1 N–H and O–H groups in total. The molecule has 0 bridgehead atoms. The molecule has 128 valence electrons. The van der Waals surface area contributed by atoms with Crippen LogP contribution >= 0.6 is 11.3 Å². The van der Waals surface area contributed by atoms with Gasteiger partial charge in [-0.2, -0.15) is 0 Å². The van der Waals surface area contributed by atoms with Crippen LogP contribution in [0.25, 0.3) is 11.3 Å². The Kier molecular flexibility index (Phi) is 5.09. The minimum atomic E-state index is -0.771. The molecule has 0 fully saturated rings. The van der Waals surface area contributed by atoms with Gasteiger partial charge in [0.2, 0.25) is 0 Å². The Balaban J connectivity index is 1.75. The first-order valence-electron chi connectivity index (χ1n) is 7.77. The maximum atomic E-state index is 13.2. The van der Waals surface area contributed by atoms with Gasteiger partial charge in [-0.25, -0.2) is 9.37 Å². The number of carbonyl (C=O) groups excluding carboxylic acids is 1. The number of rotatable bonds is 5. The lowest BCUT2D eigenvalue weighted by Crippen LogP contribution is -2.30. The predicted octanol–water partition coefficient (Wildman–Crippen LogP) is 4.66. The van der Waals surface area contributed by atoms with E-state index in [1.807, 2.05) is 36.6 Å². The largest absolute Gasteiger partial charge is 0.481 e. The highest BCUT2D eigenvalue weighted by Crippen LogP contribution is 2.29. The molecular formula is C19H17FN2O2S. The Hall–Kier alpha value is -2.73. The first kappa shape index (κ1) is 17.1. The third-order valence-corrected chi connectivity index (χ3v) is 4.33. The van der Waals surface area contributed by atoms with Crippen molar-refractivity contribution >= 4 is 22.9 Å². The van der Waals surface area contributed by atoms with Gasteiger partial charge in [-0.15, -0.1) is 11.3 Å². The molecule has 0 aliphatic rings. The molecule has 0 saturated heterocycles. The Bertz CT molecular complexity index is 894. The predicted molar refractivity (Wildman–Crippen MR) is 97.4 cm³/mol. The van der Waals surface area contributed by atoms with Gasteiger partial charge in [0.05, 0.1) is 16.4 Å². The maximum absolute atomic E-state index is 13.2. The van der Waals surface area contributed by atoms with Crippen LogP contribution in [-0.2, 0) is 4.79 Å². The Morgan fingerprint density at radius 2 is 2.04 bits per heavy atom. The molecule has 3 aromatic rings. The van der Waals surface area contributed by atoms with E-state index < -0.39 is 11.9 Å². The molecule has 0 unspecified atom stereocenters. The molecule has 25 heavy (non-hydrogen) atoms. The number of thiazole rings is 1. The van der Waals surface area contributed by atoms with Gasteiger partial charge < -0.3 is 10.1 Å². The van der Waals surface area contributed by atoms with E-state index >= 15 is 0 Å². The summed E-state index contributed by atoms with van der Waals surface area (Å²) >= 11 is 1.55. The van der Waals surface area contributed by atoms with Gasteiger partial charge in [-0.05, 0) is 32.0 Å². The number of amides is 1. The van der Waals surface area contributed by atoms with Gasteiger partial charge in [-0.3, -0.25) is 4.79 Å². The van der Waals surface area contributed by atoms with E-state index in [0.717, 1.165) is 16.3 Å². The second-order valence-corrected chi connectivity index (χ2v) is 6.57. The number of aromatic nitrogens is 1. The molecule has 1 amide bonds. The van der Waals surface area contributed by atoms with Crippen molar-refractivity contribution in [1.29, 1.82) is 0 Å². The van der Waals surface area contributed by atoms with Crippen molar-refractivity contribution in [3.8, 4) is 17.0 Å². The highest BCUT2D eigenvalue weighted by Gasteiger charge is 2.17. The van der Waals surface area contributed by atoms with Crippen LogP contribution in [0.4, 0.5) is 10.1 Å². The van der Waals surface area contributed by atoms with Crippen molar-refractivity contribution in [2.24, 2.45) is 0 Å². The second kappa shape index (κ2) is 7.44. The van der Waals surface area contributed by atoms with Crippen molar-refractivity contribution < 1.29 is 13.9 Å². The van der Waals surface area contributed by atoms with Crippen molar-refractivity contribution in [1.82, 2.24) is 4.98 Å². The number of hydrogen-bond donors (Lipinski definition) is 1. The average molecular weight is 356 g/mol. The van der Waals surface area contributed by atoms with Crippen LogP contribution in [0, 0.1) is 12.7 Å². The van der Waals surface area contributed by atoms with Crippen LogP contribution in [0.1, 0.15) is 11.9 Å². The zero-order valence-corrected chi connectivity index (χ0v) is 14.6. The standard InChI is InChI=1S/C19H17FN2O2S/c1-12(24-15-7-5-6-14(20)10-15)19(23)22-17-9-4-3-8-16(17)18-11-25-13(2)21-18/h3-12H,1-2H3,(H,22,23)/t12-/m1/s1. The molecule has 1 aromatic heterocycles. The highest BCUT2D eigenvalue weighted by molar-refractivity contribution is 7.09. The first-order valence-corrected chi connectivity index (χ1v) is 8.65. The molecule has 0 radical (unpaired) electrons. The lowest BCUT2D eigenvalue weighted by Gasteiger charge is -2.16. The van der Waals surface area contributed by atoms with Crippen LogP contribution < -0.4 is 10.1 Å². The normalized spacial score (nSPS) is 11.8. The summed E-state index contributed by atoms with van der Waals surface area (Å²) < 4.78 is 18.7. The van der Waals surface area contributed by atoms with E-state index in [-0.39, 0.29) is 5.91 Å². The quantitative estimate of drug-likeness (QED) is 0.723. The van der Waals surface area contributed by atoms with Crippen LogP contribution in [0.3, 0.4) is 0 Å². The third-order valence-electron chi connectivity index (χ3n) is 3.56. The molecule has 1 heterocycles. The summed E-state index contributed by atoms with van der Waals surface area (Å²) in [4.78, 5) is 16.9. The number of nitrogens with zero attached hydrogens (tertiary/aromatic N) is 1. The van der Waals surface area contributed by atoms with Gasteiger partial charge in [0.1, 0.15) is 11.6 Å². The second-order valence-electron chi connectivity index (χ2n) is 5.50. The number of halogens is 1. The topological polar surface area (TPSA) is 51.2 Å². The van der Waals surface area contributed by atoms with Crippen LogP contribution in [0.5, 0.6) is 5.75 Å². The average Bonchev–Trinajstić information content (AvgIpc) is 3.01. The highest BCUT2D eigenvalue weighted by atomic mass is 32.1. The zero-order valence-electron chi connectivity index (χ0n) is 13.8. The lowest BCUT2D eigenvalue weighted by molar-refractivity contribution is -0.122. The van der Waals surface area contributed by atoms with E-state index in [0.29, 0.717) is 11.4 Å². The van der Waals surface area contributed by atoms with Gasteiger partial charge in [0, 0.05) is 17.0 Å². The number of anilines is 1. The summed E-state index contributed by atoms with van der Waals surface area (Å²) in [6, 6.07) is 13.2. The fourth-order valence-electron chi connectivity index (χ4n) is 2.33. The molecular weight excluding hydrogens is 339 g/mol. The summed E-state index contributed by atoms with van der Waals surface area (Å²) in [7, 11) is 0. The molecule has 1 atom stereocenters. The monoisotopic (exact) mass is 356 g/mol. The number of para-hydroxylation sites is 1. The van der Waals surface area contributed by atoms with Crippen LogP contribution in [-0.4, -0.2) is 17.0 Å². The zero-order chi connectivity index (χ0) is 17.8. The van der Waals surface area contributed by atoms with E-state index in [2.05, 4.69) is 10.3 Å². The van der Waals surface area contributed by atoms with E-state index in [4.69, 9.17) is 4.74 Å². The summed E-state index contributed by atoms with van der Waals surface area (Å²) in [5.74, 6) is -0.413. The molecule has 0 aliphatic carbocycles. The lowest BCUT2D eigenvalue weighted by atomic mass is 10.1. The van der Waals surface area contributed by atoms with E-state index in [1.165, 1.54) is 18.2 Å². The fourth-order valence-corrected chi connectivity index (χ4v) is 2.95. The van der Waals surface area contributed by atoms with Crippen molar-refractivity contribution in [3.05, 3.63) is 64.7 Å². The molecule has 0 saturated carbocycles. The Morgan fingerprint density at radius 3 is 2.76 bits per heavy atom. The van der Waals surface area contributed by atoms with E-state index in [9.17, 15) is 9.18 Å². The number of aryl methyl sites for hydroxylation is 1. The number of benzene rings is 2. The van der Waals surface area contributed by atoms with E-state index in [1.54, 1.807) is 24.3 Å². The minimum Gasteiger partial charge on any atom is -0.481 e. The SMILES string of the molecule is Cc1nc(-c2ccccc2NC(=O)[C@@H](C)Oc2cccc(F)c2)cs1. The first-order chi connectivity index (χ1) is 12.0. The number of hydrogen-bond acceptors (Lipinski definition) is 4. The number of nitrogens with one attached hydrogen (secondary N) is 1. The molecule has 3 rings (SSSR count). The van der Waals surface area contributed by atoms with Crippen molar-refractivity contribution in [2.75, 3.05) is 5.32 Å². The summed E-state index contributed by atoms with van der Waals surface area (Å²) in [6.07, 6.45) is -0.771. The fraction of sp³-hybridized carbons (Fsp3) is 0.158. The molecule has 0 aliphatic heterocycles. The van der Waals surface area contributed by atoms with Crippen LogP contribution in [0.2, 0.25) is 0 Å². The van der Waals surface area contributed by atoms with Gasteiger partial charge in [0.25, 0.3) is 5.91 Å². The van der Waals surface area contributed by atoms with Crippen molar-refractivity contribution in [3.63, 3.8) is 0 Å². The third kappa shape index (κ3) is 4.22. The van der Waals surface area contributed by atoms with Gasteiger partial charge in [-0.1, -0.05) is 24.3 Å². The number of carbonyl (C=O) groups is 1. The van der Waals surface area contributed by atoms with Gasteiger partial charge >= 0.3 is 0 Å². The summed E-state index contributed by atoms with van der Waals surface area (Å²) in [6.45, 7) is 3.56. The Labute approximate surface area is 149 Å².